The van der Waals surface area contributed by atoms with Gasteiger partial charge in [0.05, 0.1) is 6.20 Å². The number of benzene rings is 1. The number of fused-ring (bicyclic) bond motifs is 1. The Labute approximate surface area is 130 Å². The molecule has 1 aromatic heterocycles. The number of nitrogens with one attached hydrogen (secondary N) is 1. The summed E-state index contributed by atoms with van der Waals surface area (Å²) in [5, 5.41) is 7.23. The molecule has 6 heteroatoms. The molecule has 112 valence electrons. The van der Waals surface area contributed by atoms with Crippen molar-refractivity contribution >= 4 is 18.3 Å². The molecule has 2 heterocycles. The molecule has 1 aliphatic rings. The van der Waals surface area contributed by atoms with E-state index in [1.54, 1.807) is 17.9 Å². The van der Waals surface area contributed by atoms with Crippen LogP contribution in [-0.2, 0) is 24.9 Å². The maximum absolute atomic E-state index is 12.7. The average molecular weight is 307 g/mol. The van der Waals surface area contributed by atoms with Crippen LogP contribution >= 0.6 is 12.4 Å². The molecule has 3 rings (SSSR count). The smallest absolute Gasteiger partial charge is 0.245 e. The maximum atomic E-state index is 12.7. The normalized spacial score (nSPS) is 14.5. The first-order valence-electron chi connectivity index (χ1n) is 6.70. The Kier molecular flexibility index (Phi) is 4.65. The molecule has 1 aliphatic heterocycles. The minimum atomic E-state index is -0.335. The molecule has 2 aromatic rings. The lowest BCUT2D eigenvalue weighted by atomic mass is 10.1. The second kappa shape index (κ2) is 6.28. The molecule has 0 radical (unpaired) electrons. The maximum Gasteiger partial charge on any atom is 0.245 e. The molecule has 0 spiro atoms. The van der Waals surface area contributed by atoms with Gasteiger partial charge in [0.2, 0.25) is 5.91 Å². The Morgan fingerprint density at radius 2 is 1.90 bits per heavy atom. The number of rotatable bonds is 3. The number of aromatic nitrogens is 2. The third-order valence-corrected chi connectivity index (χ3v) is 3.75. The zero-order chi connectivity index (χ0) is 14.1. The number of hydrogen-bond donors (Lipinski definition) is 1. The van der Waals surface area contributed by atoms with Crippen LogP contribution in [0, 0.1) is 0 Å². The van der Waals surface area contributed by atoms with Crippen LogP contribution in [0.1, 0.15) is 22.7 Å². The van der Waals surface area contributed by atoms with Crippen LogP contribution in [0.25, 0.3) is 0 Å². The summed E-state index contributed by atoms with van der Waals surface area (Å²) < 4.78 is 1.71. The van der Waals surface area contributed by atoms with Crippen LogP contribution in [0.5, 0.6) is 0 Å². The summed E-state index contributed by atoms with van der Waals surface area (Å²) in [4.78, 5) is 14.6. The summed E-state index contributed by atoms with van der Waals surface area (Å²) in [5.74, 6) is 0.0942. The minimum Gasteiger partial charge on any atom is -0.332 e. The summed E-state index contributed by atoms with van der Waals surface area (Å²) in [6.07, 6.45) is 3.62. The summed E-state index contributed by atoms with van der Waals surface area (Å²) in [6.45, 7) is 1.38. The molecular formula is C15H19ClN4O. The Morgan fingerprint density at radius 1 is 1.29 bits per heavy atom. The molecule has 5 nitrogen and oxygen atoms in total. The number of aryl methyl sites for hydroxylation is 1. The van der Waals surface area contributed by atoms with Gasteiger partial charge in [-0.15, -0.1) is 12.4 Å². The van der Waals surface area contributed by atoms with Crippen LogP contribution in [-0.4, -0.2) is 27.6 Å². The second-order valence-electron chi connectivity index (χ2n) is 5.13. The number of amides is 1. The molecule has 1 aromatic carbocycles. The van der Waals surface area contributed by atoms with Gasteiger partial charge in [-0.25, -0.2) is 0 Å². The first kappa shape index (κ1) is 15.5. The van der Waals surface area contributed by atoms with Crippen LogP contribution in [0.2, 0.25) is 0 Å². The van der Waals surface area contributed by atoms with E-state index in [4.69, 9.17) is 0 Å². The van der Waals surface area contributed by atoms with Gasteiger partial charge in [0.15, 0.2) is 0 Å². The van der Waals surface area contributed by atoms with E-state index in [1.165, 1.54) is 11.1 Å². The zero-order valence-corrected chi connectivity index (χ0v) is 12.9. The van der Waals surface area contributed by atoms with E-state index < -0.39 is 0 Å². The van der Waals surface area contributed by atoms with Gasteiger partial charge in [-0.05, 0) is 18.2 Å². The van der Waals surface area contributed by atoms with E-state index in [0.717, 1.165) is 5.56 Å². The second-order valence-corrected chi connectivity index (χ2v) is 5.13. The van der Waals surface area contributed by atoms with Crippen molar-refractivity contribution in [3.8, 4) is 0 Å². The minimum absolute atomic E-state index is 0. The largest absolute Gasteiger partial charge is 0.332 e. The van der Waals surface area contributed by atoms with Crippen molar-refractivity contribution in [2.75, 3.05) is 7.05 Å². The standard InChI is InChI=1S/C15H18N4O.ClH/c1-16-14(13-7-17-18(2)8-13)15(20)19-9-11-5-3-4-6-12(11)10-19;/h3-8,14,16H,9-10H2,1-2H3;1H. The lowest BCUT2D eigenvalue weighted by molar-refractivity contribution is -0.134. The SMILES string of the molecule is CNC(C(=O)N1Cc2ccccc2C1)c1cnn(C)c1.Cl. The van der Waals surface area contributed by atoms with E-state index >= 15 is 0 Å². The van der Waals surface area contributed by atoms with Gasteiger partial charge >= 0.3 is 0 Å². The highest BCUT2D eigenvalue weighted by atomic mass is 35.5. The topological polar surface area (TPSA) is 50.2 Å². The van der Waals surface area contributed by atoms with Crippen LogP contribution in [0.15, 0.2) is 36.7 Å². The molecule has 0 bridgehead atoms. The van der Waals surface area contributed by atoms with Crippen molar-refractivity contribution in [2.45, 2.75) is 19.1 Å². The monoisotopic (exact) mass is 306 g/mol. The number of likely N-dealkylation sites (N-methyl/N-ethyl adjacent to an activating group) is 1. The molecule has 0 saturated heterocycles. The van der Waals surface area contributed by atoms with E-state index in [2.05, 4.69) is 22.5 Å². The fraction of sp³-hybridized carbons (Fsp3) is 0.333. The molecule has 0 fully saturated rings. The first-order chi connectivity index (χ1) is 9.69. The number of nitrogens with zero attached hydrogens (tertiary/aromatic N) is 3. The Morgan fingerprint density at radius 3 is 2.38 bits per heavy atom. The Bertz CT molecular complexity index is 615. The Hall–Kier alpha value is -1.85. The first-order valence-corrected chi connectivity index (χ1v) is 6.70. The van der Waals surface area contributed by atoms with E-state index in [0.29, 0.717) is 13.1 Å². The molecule has 21 heavy (non-hydrogen) atoms. The fourth-order valence-corrected chi connectivity index (χ4v) is 2.69. The zero-order valence-electron chi connectivity index (χ0n) is 12.1. The average Bonchev–Trinajstić information content (AvgIpc) is 3.05. The quantitative estimate of drug-likeness (QED) is 0.938. The summed E-state index contributed by atoms with van der Waals surface area (Å²) in [5.41, 5.74) is 3.37. The molecule has 1 N–H and O–H groups in total. The molecule has 0 aliphatic carbocycles. The third kappa shape index (κ3) is 2.94. The molecule has 1 unspecified atom stereocenters. The van der Waals surface area contributed by atoms with Crippen molar-refractivity contribution in [3.05, 3.63) is 53.3 Å². The molecule has 1 atom stereocenters. The lowest BCUT2D eigenvalue weighted by Crippen LogP contribution is -2.36. The van der Waals surface area contributed by atoms with E-state index in [1.807, 2.05) is 30.3 Å². The number of carbonyl (C=O) groups excluding carboxylic acids is 1. The van der Waals surface area contributed by atoms with Gasteiger partial charge in [-0.1, -0.05) is 24.3 Å². The van der Waals surface area contributed by atoms with Crippen molar-refractivity contribution in [3.63, 3.8) is 0 Å². The third-order valence-electron chi connectivity index (χ3n) is 3.75. The summed E-state index contributed by atoms with van der Waals surface area (Å²) in [6, 6.07) is 7.87. The van der Waals surface area contributed by atoms with Crippen molar-refractivity contribution in [1.29, 1.82) is 0 Å². The number of hydrogen-bond acceptors (Lipinski definition) is 3. The van der Waals surface area contributed by atoms with Crippen LogP contribution < -0.4 is 5.32 Å². The van der Waals surface area contributed by atoms with Crippen LogP contribution in [0.4, 0.5) is 0 Å². The summed E-state index contributed by atoms with van der Waals surface area (Å²) in [7, 11) is 3.66. The molecule has 1 amide bonds. The lowest BCUT2D eigenvalue weighted by Gasteiger charge is -2.22. The van der Waals surface area contributed by atoms with Gasteiger partial charge in [0.1, 0.15) is 6.04 Å². The molecule has 0 saturated carbocycles. The Balaban J connectivity index is 0.00000161. The van der Waals surface area contributed by atoms with E-state index in [9.17, 15) is 4.79 Å². The predicted molar refractivity (Wildman–Crippen MR) is 83.0 cm³/mol. The number of halogens is 1. The van der Waals surface area contributed by atoms with Gasteiger partial charge in [-0.3, -0.25) is 9.48 Å². The predicted octanol–water partition coefficient (Wildman–Crippen LogP) is 1.64. The van der Waals surface area contributed by atoms with Gasteiger partial charge in [0.25, 0.3) is 0 Å². The fourth-order valence-electron chi connectivity index (χ4n) is 2.69. The number of carbonyl (C=O) groups is 1. The van der Waals surface area contributed by atoms with Gasteiger partial charge in [0, 0.05) is 31.9 Å². The van der Waals surface area contributed by atoms with Crippen molar-refractivity contribution in [2.24, 2.45) is 7.05 Å². The van der Waals surface area contributed by atoms with Crippen LogP contribution in [0.3, 0.4) is 0 Å². The van der Waals surface area contributed by atoms with Crippen molar-refractivity contribution < 1.29 is 4.79 Å². The van der Waals surface area contributed by atoms with Gasteiger partial charge in [-0.2, -0.15) is 5.10 Å². The van der Waals surface area contributed by atoms with E-state index in [-0.39, 0.29) is 24.4 Å². The molecular weight excluding hydrogens is 288 g/mol. The van der Waals surface area contributed by atoms with Crippen molar-refractivity contribution in [1.82, 2.24) is 20.0 Å². The highest BCUT2D eigenvalue weighted by Gasteiger charge is 2.29. The van der Waals surface area contributed by atoms with Gasteiger partial charge < -0.3 is 10.2 Å². The highest BCUT2D eigenvalue weighted by molar-refractivity contribution is 5.85. The highest BCUT2D eigenvalue weighted by Crippen LogP contribution is 2.25. The summed E-state index contributed by atoms with van der Waals surface area (Å²) >= 11 is 0.